The van der Waals surface area contributed by atoms with E-state index in [4.69, 9.17) is 0 Å². The molecule has 0 rings (SSSR count). The summed E-state index contributed by atoms with van der Waals surface area (Å²) in [6.07, 6.45) is -5.97. The Morgan fingerprint density at radius 3 is 2.38 bits per heavy atom. The second-order valence-electron chi connectivity index (χ2n) is 2.96. The molecule has 16 heavy (non-hydrogen) atoms. The average Bonchev–Trinajstić information content (AvgIpc) is 2.10. The van der Waals surface area contributed by atoms with Crippen LogP contribution < -0.4 is 4.89 Å². The van der Waals surface area contributed by atoms with E-state index in [1.807, 2.05) is 0 Å². The lowest BCUT2D eigenvalue weighted by Gasteiger charge is -2.08. The molecule has 0 saturated carbocycles. The van der Waals surface area contributed by atoms with Crippen molar-refractivity contribution in [3.63, 3.8) is 0 Å². The topological polar surface area (TPSA) is 64.6 Å². The van der Waals surface area contributed by atoms with E-state index in [-0.39, 0.29) is 13.2 Å². The fourth-order valence-electron chi connectivity index (χ4n) is 0.761. The Labute approximate surface area is 91.9 Å². The lowest BCUT2D eigenvalue weighted by atomic mass is 10.3. The summed E-state index contributed by atoms with van der Waals surface area (Å²) < 4.78 is 61.8. The Balaban J connectivity index is 3.71. The maximum absolute atomic E-state index is 11.7. The van der Waals surface area contributed by atoms with Crippen molar-refractivity contribution < 1.29 is 31.2 Å². The van der Waals surface area contributed by atoms with Crippen LogP contribution in [-0.4, -0.2) is 40.7 Å². The van der Waals surface area contributed by atoms with Crippen LogP contribution in [0.1, 0.15) is 12.8 Å². The molecule has 0 aromatic rings. The van der Waals surface area contributed by atoms with Crippen molar-refractivity contribution in [3.05, 3.63) is 0 Å². The molecule has 0 heterocycles. The predicted molar refractivity (Wildman–Crippen MR) is 50.0 cm³/mol. The van der Waals surface area contributed by atoms with Gasteiger partial charge in [-0.1, -0.05) is 4.89 Å². The summed E-state index contributed by atoms with van der Waals surface area (Å²) in [6.45, 7) is 0.181. The van der Waals surface area contributed by atoms with Crippen LogP contribution in [0, 0.1) is 0 Å². The van der Waals surface area contributed by atoms with Gasteiger partial charge in [0.15, 0.2) is 0 Å². The summed E-state index contributed by atoms with van der Waals surface area (Å²) in [5.74, 6) is -0.626. The normalized spacial score (nSPS) is 13.0. The molecule has 0 fully saturated rings. The molecule has 0 aromatic carbocycles. The second kappa shape index (κ2) is 7.05. The number of alkyl halides is 3. The minimum absolute atomic E-state index is 0.00496. The SMILES string of the molecule is COCCONS(=O)(=O)CCCC(F)(F)F. The van der Waals surface area contributed by atoms with Gasteiger partial charge in [0.25, 0.3) is 0 Å². The monoisotopic (exact) mass is 265 g/mol. The third-order valence-corrected chi connectivity index (χ3v) is 2.65. The number of hydrogen-bond acceptors (Lipinski definition) is 4. The predicted octanol–water partition coefficient (Wildman–Crippen LogP) is 0.826. The zero-order chi connectivity index (χ0) is 12.7. The van der Waals surface area contributed by atoms with Gasteiger partial charge in [0.2, 0.25) is 10.0 Å². The van der Waals surface area contributed by atoms with Gasteiger partial charge < -0.3 is 4.74 Å². The van der Waals surface area contributed by atoms with Gasteiger partial charge in [0.05, 0.1) is 19.0 Å². The van der Waals surface area contributed by atoms with Crippen molar-refractivity contribution in [2.45, 2.75) is 19.0 Å². The quantitative estimate of drug-likeness (QED) is 0.521. The van der Waals surface area contributed by atoms with Gasteiger partial charge in [0, 0.05) is 13.5 Å². The Hall–Kier alpha value is -0.380. The van der Waals surface area contributed by atoms with Crippen molar-refractivity contribution in [2.75, 3.05) is 26.1 Å². The van der Waals surface area contributed by atoms with Gasteiger partial charge in [-0.3, -0.25) is 4.84 Å². The minimum atomic E-state index is -4.34. The van der Waals surface area contributed by atoms with Gasteiger partial charge in [-0.15, -0.1) is 0 Å². The molecule has 0 amide bonds. The first kappa shape index (κ1) is 15.6. The molecule has 0 aliphatic rings. The van der Waals surface area contributed by atoms with Crippen LogP contribution in [0.2, 0.25) is 0 Å². The van der Waals surface area contributed by atoms with Crippen LogP contribution in [0.15, 0.2) is 0 Å². The first-order valence-corrected chi connectivity index (χ1v) is 6.09. The summed E-state index contributed by atoms with van der Waals surface area (Å²) in [7, 11) is -2.41. The molecule has 0 aliphatic heterocycles. The van der Waals surface area contributed by atoms with E-state index < -0.39 is 34.8 Å². The summed E-state index contributed by atoms with van der Waals surface area (Å²) in [5, 5.41) is 0. The highest BCUT2D eigenvalue weighted by Crippen LogP contribution is 2.21. The van der Waals surface area contributed by atoms with E-state index in [0.29, 0.717) is 0 Å². The van der Waals surface area contributed by atoms with E-state index in [1.165, 1.54) is 7.11 Å². The van der Waals surface area contributed by atoms with E-state index in [9.17, 15) is 21.6 Å². The standard InChI is InChI=1S/C7H14F3NO4S/c1-14-4-5-15-11-16(12,13)6-2-3-7(8,9)10/h11H,2-6H2,1H3. The van der Waals surface area contributed by atoms with Crippen molar-refractivity contribution >= 4 is 10.0 Å². The average molecular weight is 265 g/mol. The molecule has 0 radical (unpaired) electrons. The minimum Gasteiger partial charge on any atom is -0.382 e. The highest BCUT2D eigenvalue weighted by atomic mass is 32.2. The number of ether oxygens (including phenoxy) is 1. The summed E-state index contributed by atoms with van der Waals surface area (Å²) in [6, 6.07) is 0. The number of halogens is 3. The largest absolute Gasteiger partial charge is 0.389 e. The molecule has 0 aliphatic carbocycles. The van der Waals surface area contributed by atoms with Gasteiger partial charge in [0.1, 0.15) is 0 Å². The molecule has 98 valence electrons. The molecule has 5 nitrogen and oxygen atoms in total. The van der Waals surface area contributed by atoms with Gasteiger partial charge >= 0.3 is 6.18 Å². The van der Waals surface area contributed by atoms with Gasteiger partial charge in [-0.2, -0.15) is 13.2 Å². The Bertz CT molecular complexity index is 278. The molecular weight excluding hydrogens is 251 g/mol. The summed E-state index contributed by atoms with van der Waals surface area (Å²) in [4.78, 5) is 6.18. The molecule has 0 aromatic heterocycles. The van der Waals surface area contributed by atoms with Crippen LogP contribution in [0.4, 0.5) is 13.2 Å². The maximum Gasteiger partial charge on any atom is 0.389 e. The first-order chi connectivity index (χ1) is 7.27. The highest BCUT2D eigenvalue weighted by molar-refractivity contribution is 7.89. The zero-order valence-electron chi connectivity index (χ0n) is 8.71. The van der Waals surface area contributed by atoms with Gasteiger partial charge in [-0.05, 0) is 6.42 Å². The lowest BCUT2D eigenvalue weighted by molar-refractivity contribution is -0.134. The van der Waals surface area contributed by atoms with Gasteiger partial charge in [-0.25, -0.2) is 8.42 Å². The maximum atomic E-state index is 11.7. The third-order valence-electron chi connectivity index (χ3n) is 1.45. The van der Waals surface area contributed by atoms with E-state index in [2.05, 4.69) is 9.57 Å². The number of rotatable bonds is 8. The lowest BCUT2D eigenvalue weighted by Crippen LogP contribution is -2.28. The Kier molecular flexibility index (Phi) is 6.88. The molecule has 0 unspecified atom stereocenters. The zero-order valence-corrected chi connectivity index (χ0v) is 9.53. The van der Waals surface area contributed by atoms with Crippen molar-refractivity contribution in [1.82, 2.24) is 4.89 Å². The summed E-state index contributed by atoms with van der Waals surface area (Å²) >= 11 is 0. The summed E-state index contributed by atoms with van der Waals surface area (Å²) in [5.41, 5.74) is 0. The fraction of sp³-hybridized carbons (Fsp3) is 1.00. The molecule has 0 atom stereocenters. The third kappa shape index (κ3) is 10.1. The smallest absolute Gasteiger partial charge is 0.382 e. The van der Waals surface area contributed by atoms with E-state index in [0.717, 1.165) is 0 Å². The number of methoxy groups -OCH3 is 1. The molecule has 9 heteroatoms. The first-order valence-electron chi connectivity index (χ1n) is 4.44. The molecule has 0 bridgehead atoms. The molecule has 0 spiro atoms. The number of hydrogen-bond donors (Lipinski definition) is 1. The number of nitrogens with one attached hydrogen (secondary N) is 1. The van der Waals surface area contributed by atoms with Crippen LogP contribution in [0.3, 0.4) is 0 Å². The van der Waals surface area contributed by atoms with Crippen LogP contribution in [-0.2, 0) is 19.6 Å². The van der Waals surface area contributed by atoms with Crippen molar-refractivity contribution in [2.24, 2.45) is 0 Å². The van der Waals surface area contributed by atoms with Crippen molar-refractivity contribution in [1.29, 1.82) is 0 Å². The van der Waals surface area contributed by atoms with Crippen molar-refractivity contribution in [3.8, 4) is 0 Å². The Morgan fingerprint density at radius 2 is 1.88 bits per heavy atom. The second-order valence-corrected chi connectivity index (χ2v) is 4.77. The number of sulfonamides is 1. The van der Waals surface area contributed by atoms with E-state index in [1.54, 1.807) is 4.89 Å². The molecule has 1 N–H and O–H groups in total. The molecular formula is C7H14F3NO4S. The fourth-order valence-corrected chi connectivity index (χ4v) is 1.63. The van der Waals surface area contributed by atoms with E-state index >= 15 is 0 Å². The highest BCUT2D eigenvalue weighted by Gasteiger charge is 2.27. The van der Waals surface area contributed by atoms with Crippen LogP contribution in [0.5, 0.6) is 0 Å². The van der Waals surface area contributed by atoms with Crippen LogP contribution in [0.25, 0.3) is 0 Å². The van der Waals surface area contributed by atoms with Crippen LogP contribution >= 0.6 is 0 Å². The molecule has 0 saturated heterocycles. The Morgan fingerprint density at radius 1 is 1.25 bits per heavy atom.